The largest absolute Gasteiger partial charge is 0.493 e. The van der Waals surface area contributed by atoms with Gasteiger partial charge in [-0.05, 0) is 24.4 Å². The van der Waals surface area contributed by atoms with Crippen molar-refractivity contribution in [1.29, 1.82) is 0 Å². The van der Waals surface area contributed by atoms with Gasteiger partial charge in [-0.3, -0.25) is 10.2 Å². The van der Waals surface area contributed by atoms with E-state index in [-0.39, 0.29) is 5.75 Å². The topological polar surface area (TPSA) is 81.2 Å². The summed E-state index contributed by atoms with van der Waals surface area (Å²) in [6, 6.07) is 3.32. The summed E-state index contributed by atoms with van der Waals surface area (Å²) in [6.45, 7) is 1.30. The minimum atomic E-state index is -0.464. The second-order valence-electron chi connectivity index (χ2n) is 3.80. The summed E-state index contributed by atoms with van der Waals surface area (Å²) in [6.07, 6.45) is 1.53. The highest BCUT2D eigenvalue weighted by molar-refractivity contribution is 7.80. The lowest BCUT2D eigenvalue weighted by atomic mass is 10.2. The summed E-state index contributed by atoms with van der Waals surface area (Å²) in [4.78, 5) is 11.1. The lowest BCUT2D eigenvalue weighted by Crippen LogP contribution is -2.28. The Morgan fingerprint density at radius 1 is 1.29 bits per heavy atom. The van der Waals surface area contributed by atoms with Crippen LogP contribution in [-0.4, -0.2) is 38.6 Å². The number of benzene rings is 1. The molecule has 1 rings (SSSR count). The molecule has 0 unspecified atom stereocenters. The molecule has 8 heteroatoms. The predicted molar refractivity (Wildman–Crippen MR) is 83.2 cm³/mol. The number of esters is 1. The van der Waals surface area contributed by atoms with Gasteiger partial charge in [0.2, 0.25) is 5.75 Å². The van der Waals surface area contributed by atoms with Gasteiger partial charge in [-0.2, -0.15) is 5.10 Å². The van der Waals surface area contributed by atoms with E-state index < -0.39 is 5.97 Å². The maximum absolute atomic E-state index is 11.1. The first-order valence-corrected chi connectivity index (χ1v) is 6.37. The molecule has 0 bridgehead atoms. The molecule has 0 aliphatic rings. The maximum Gasteiger partial charge on any atom is 0.308 e. The number of carbonyl (C=O) groups is 1. The van der Waals surface area contributed by atoms with Crippen LogP contribution in [0.2, 0.25) is 0 Å². The van der Waals surface area contributed by atoms with E-state index >= 15 is 0 Å². The van der Waals surface area contributed by atoms with Gasteiger partial charge >= 0.3 is 5.97 Å². The Morgan fingerprint density at radius 3 is 2.29 bits per heavy atom. The number of hydrogen-bond donors (Lipinski definition) is 2. The van der Waals surface area contributed by atoms with E-state index in [0.29, 0.717) is 22.2 Å². The summed E-state index contributed by atoms with van der Waals surface area (Å²) >= 11 is 4.89. The van der Waals surface area contributed by atoms with Crippen molar-refractivity contribution in [3.63, 3.8) is 0 Å². The maximum atomic E-state index is 11.1. The van der Waals surface area contributed by atoms with Gasteiger partial charge in [0.1, 0.15) is 0 Å². The SMILES string of the molecule is CNC(=S)NN=Cc1cc(OC)c(OC(C)=O)c(OC)c1. The average Bonchev–Trinajstić information content (AvgIpc) is 2.47. The van der Waals surface area contributed by atoms with E-state index in [0.717, 1.165) is 0 Å². The Balaban J connectivity index is 3.08. The van der Waals surface area contributed by atoms with Crippen LogP contribution < -0.4 is 25.0 Å². The molecule has 0 saturated heterocycles. The minimum Gasteiger partial charge on any atom is -0.493 e. The van der Waals surface area contributed by atoms with Crippen LogP contribution in [0.3, 0.4) is 0 Å². The van der Waals surface area contributed by atoms with Crippen LogP contribution in [0.25, 0.3) is 0 Å². The van der Waals surface area contributed by atoms with Gasteiger partial charge in [0.05, 0.1) is 20.4 Å². The zero-order valence-corrected chi connectivity index (χ0v) is 13.0. The summed E-state index contributed by atoms with van der Waals surface area (Å²) in [7, 11) is 4.62. The van der Waals surface area contributed by atoms with Gasteiger partial charge in [0.25, 0.3) is 0 Å². The summed E-state index contributed by atoms with van der Waals surface area (Å²) in [5.74, 6) is 0.488. The van der Waals surface area contributed by atoms with Crippen molar-refractivity contribution in [1.82, 2.24) is 10.7 Å². The Kier molecular flexibility index (Phi) is 6.41. The molecule has 0 aliphatic heterocycles. The van der Waals surface area contributed by atoms with Crippen molar-refractivity contribution < 1.29 is 19.0 Å². The number of methoxy groups -OCH3 is 2. The van der Waals surface area contributed by atoms with Crippen LogP contribution in [-0.2, 0) is 4.79 Å². The van der Waals surface area contributed by atoms with Crippen LogP contribution >= 0.6 is 12.2 Å². The molecule has 0 heterocycles. The summed E-state index contributed by atoms with van der Waals surface area (Å²) in [5.41, 5.74) is 3.31. The number of nitrogens with one attached hydrogen (secondary N) is 2. The van der Waals surface area contributed by atoms with E-state index in [4.69, 9.17) is 26.4 Å². The van der Waals surface area contributed by atoms with Crippen molar-refractivity contribution in [2.24, 2.45) is 5.10 Å². The molecule has 114 valence electrons. The monoisotopic (exact) mass is 311 g/mol. The number of rotatable bonds is 5. The van der Waals surface area contributed by atoms with E-state index in [9.17, 15) is 4.79 Å². The molecule has 0 aliphatic carbocycles. The fourth-order valence-electron chi connectivity index (χ4n) is 1.44. The van der Waals surface area contributed by atoms with Gasteiger partial charge < -0.3 is 19.5 Å². The highest BCUT2D eigenvalue weighted by atomic mass is 32.1. The van der Waals surface area contributed by atoms with Gasteiger partial charge in [-0.25, -0.2) is 0 Å². The van der Waals surface area contributed by atoms with Gasteiger partial charge in [0, 0.05) is 19.5 Å². The average molecular weight is 311 g/mol. The molecule has 1 aromatic rings. The fourth-order valence-corrected chi connectivity index (χ4v) is 1.49. The van der Waals surface area contributed by atoms with E-state index in [2.05, 4.69) is 15.8 Å². The van der Waals surface area contributed by atoms with Gasteiger partial charge in [0.15, 0.2) is 16.6 Å². The molecule has 0 amide bonds. The molecular weight excluding hydrogens is 294 g/mol. The molecule has 0 atom stereocenters. The first-order chi connectivity index (χ1) is 10.0. The van der Waals surface area contributed by atoms with E-state index in [1.165, 1.54) is 27.4 Å². The summed E-state index contributed by atoms with van der Waals surface area (Å²) in [5, 5.41) is 7.07. The molecule has 2 N–H and O–H groups in total. The standard InChI is InChI=1S/C13H17N3O4S/c1-8(17)20-12-10(18-3)5-9(6-11(12)19-4)7-15-16-13(21)14-2/h5-7H,1-4H3,(H2,14,16,21). The van der Waals surface area contributed by atoms with Crippen LogP contribution in [0.4, 0.5) is 0 Å². The van der Waals surface area contributed by atoms with Crippen LogP contribution in [0, 0.1) is 0 Å². The summed E-state index contributed by atoms with van der Waals surface area (Å²) < 4.78 is 15.5. The molecule has 7 nitrogen and oxygen atoms in total. The zero-order valence-electron chi connectivity index (χ0n) is 12.2. The van der Waals surface area contributed by atoms with Crippen molar-refractivity contribution in [3.8, 4) is 17.2 Å². The van der Waals surface area contributed by atoms with Gasteiger partial charge in [-0.15, -0.1) is 0 Å². The van der Waals surface area contributed by atoms with E-state index in [1.54, 1.807) is 19.2 Å². The number of hydrazone groups is 1. The van der Waals surface area contributed by atoms with Crippen molar-refractivity contribution >= 4 is 29.5 Å². The Bertz CT molecular complexity index is 535. The lowest BCUT2D eigenvalue weighted by Gasteiger charge is -2.13. The van der Waals surface area contributed by atoms with Crippen molar-refractivity contribution in [3.05, 3.63) is 17.7 Å². The second-order valence-corrected chi connectivity index (χ2v) is 4.21. The molecular formula is C13H17N3O4S. The van der Waals surface area contributed by atoms with E-state index in [1.807, 2.05) is 0 Å². The number of ether oxygens (including phenoxy) is 3. The smallest absolute Gasteiger partial charge is 0.308 e. The third-order valence-electron chi connectivity index (χ3n) is 2.34. The third-order valence-corrected chi connectivity index (χ3v) is 2.63. The number of nitrogens with zero attached hydrogens (tertiary/aromatic N) is 1. The zero-order chi connectivity index (χ0) is 15.8. The Hall–Kier alpha value is -2.35. The fraction of sp³-hybridized carbons (Fsp3) is 0.308. The highest BCUT2D eigenvalue weighted by Crippen LogP contribution is 2.38. The number of thiocarbonyl (C=S) groups is 1. The van der Waals surface area contributed by atoms with Crippen LogP contribution in [0.5, 0.6) is 17.2 Å². The van der Waals surface area contributed by atoms with Gasteiger partial charge in [-0.1, -0.05) is 0 Å². The number of hydrogen-bond acceptors (Lipinski definition) is 6. The molecule has 21 heavy (non-hydrogen) atoms. The van der Waals surface area contributed by atoms with Crippen molar-refractivity contribution in [2.75, 3.05) is 21.3 Å². The third kappa shape index (κ3) is 4.92. The first-order valence-electron chi connectivity index (χ1n) is 5.97. The molecule has 1 aromatic carbocycles. The van der Waals surface area contributed by atoms with Crippen molar-refractivity contribution in [2.45, 2.75) is 6.92 Å². The quantitative estimate of drug-likeness (QED) is 0.277. The first kappa shape index (κ1) is 16.7. The highest BCUT2D eigenvalue weighted by Gasteiger charge is 2.15. The normalized spacial score (nSPS) is 10.1. The lowest BCUT2D eigenvalue weighted by molar-refractivity contribution is -0.132. The molecule has 0 aromatic heterocycles. The van der Waals surface area contributed by atoms with Crippen LogP contribution in [0.15, 0.2) is 17.2 Å². The molecule has 0 spiro atoms. The second kappa shape index (κ2) is 8.05. The Morgan fingerprint density at radius 2 is 1.86 bits per heavy atom. The molecule has 0 saturated carbocycles. The number of carbonyl (C=O) groups excluding carboxylic acids is 1. The molecule has 0 fully saturated rings. The van der Waals surface area contributed by atoms with Crippen LogP contribution in [0.1, 0.15) is 12.5 Å². The predicted octanol–water partition coefficient (Wildman–Crippen LogP) is 1.06. The molecule has 0 radical (unpaired) electrons. The Labute approximate surface area is 128 Å². The minimum absolute atomic E-state index is 0.225.